The number of benzene rings is 3. The Morgan fingerprint density at radius 1 is 1.00 bits per heavy atom. The Labute approximate surface area is 226 Å². The molecule has 7 nitrogen and oxygen atoms in total. The summed E-state index contributed by atoms with van der Waals surface area (Å²) in [7, 11) is 1.48. The molecule has 0 aromatic heterocycles. The quantitative estimate of drug-likeness (QED) is 0.231. The standard InChI is InChI=1S/C30H29ClN2O5/c1-17(34)32-21-11-13-22(14-12-21)33-26(18-6-9-20(10-7-18)30(2,3)4)25(28(36)29(33)37)27(35)19-8-15-24(38-5)23(31)16-19/h6-16,26,35H,1-5H3,(H,32,34)/b27-25-. The highest BCUT2D eigenvalue weighted by atomic mass is 35.5. The first-order chi connectivity index (χ1) is 17.9. The minimum Gasteiger partial charge on any atom is -0.507 e. The number of carbonyl (C=O) groups is 3. The molecule has 0 radical (unpaired) electrons. The summed E-state index contributed by atoms with van der Waals surface area (Å²) in [5.74, 6) is -1.74. The van der Waals surface area contributed by atoms with Crippen LogP contribution in [0.1, 0.15) is 50.4 Å². The number of anilines is 2. The molecular formula is C30H29ClN2O5. The number of methoxy groups -OCH3 is 1. The van der Waals surface area contributed by atoms with Crippen LogP contribution >= 0.6 is 11.6 Å². The smallest absolute Gasteiger partial charge is 0.300 e. The number of carbonyl (C=O) groups excluding carboxylic acids is 3. The number of hydrogen-bond donors (Lipinski definition) is 2. The summed E-state index contributed by atoms with van der Waals surface area (Å²) in [5.41, 5.74) is 2.87. The number of ketones is 1. The fourth-order valence-electron chi connectivity index (χ4n) is 4.46. The zero-order chi connectivity index (χ0) is 27.8. The van der Waals surface area contributed by atoms with Crippen molar-refractivity contribution in [3.8, 4) is 5.75 Å². The van der Waals surface area contributed by atoms with Crippen LogP contribution in [-0.2, 0) is 19.8 Å². The van der Waals surface area contributed by atoms with Crippen LogP contribution in [0.5, 0.6) is 5.75 Å². The maximum Gasteiger partial charge on any atom is 0.300 e. The Balaban J connectivity index is 1.89. The van der Waals surface area contributed by atoms with Crippen molar-refractivity contribution >= 4 is 46.3 Å². The molecule has 38 heavy (non-hydrogen) atoms. The number of nitrogens with one attached hydrogen (secondary N) is 1. The van der Waals surface area contributed by atoms with Crippen LogP contribution in [0.4, 0.5) is 11.4 Å². The molecule has 1 aliphatic heterocycles. The van der Waals surface area contributed by atoms with Crippen molar-refractivity contribution in [3.63, 3.8) is 0 Å². The number of nitrogens with zero attached hydrogens (tertiary/aromatic N) is 1. The third-order valence-electron chi connectivity index (χ3n) is 6.43. The average Bonchev–Trinajstić information content (AvgIpc) is 3.13. The van der Waals surface area contributed by atoms with E-state index in [2.05, 4.69) is 26.1 Å². The maximum atomic E-state index is 13.4. The van der Waals surface area contributed by atoms with Crippen LogP contribution in [0.25, 0.3) is 5.76 Å². The highest BCUT2D eigenvalue weighted by Crippen LogP contribution is 2.43. The van der Waals surface area contributed by atoms with Gasteiger partial charge in [0.05, 0.1) is 23.7 Å². The molecule has 0 saturated carbocycles. The van der Waals surface area contributed by atoms with Gasteiger partial charge in [-0.15, -0.1) is 0 Å². The minimum atomic E-state index is -0.892. The van der Waals surface area contributed by atoms with Gasteiger partial charge in [0.1, 0.15) is 11.5 Å². The molecule has 3 aromatic carbocycles. The number of ether oxygens (including phenoxy) is 1. The van der Waals surface area contributed by atoms with Crippen molar-refractivity contribution in [1.29, 1.82) is 0 Å². The molecule has 4 rings (SSSR count). The highest BCUT2D eigenvalue weighted by molar-refractivity contribution is 6.51. The van der Waals surface area contributed by atoms with E-state index in [9.17, 15) is 19.5 Å². The first kappa shape index (κ1) is 26.9. The SMILES string of the molecule is COc1ccc(/C(O)=C2/C(=O)C(=O)N(c3ccc(NC(C)=O)cc3)C2c2ccc(C(C)(C)C)cc2)cc1Cl. The second kappa shape index (κ2) is 10.3. The van der Waals surface area contributed by atoms with Gasteiger partial charge in [-0.05, 0) is 59.0 Å². The lowest BCUT2D eigenvalue weighted by Gasteiger charge is -2.27. The molecule has 1 saturated heterocycles. The Kier molecular flexibility index (Phi) is 7.33. The molecular weight excluding hydrogens is 504 g/mol. The number of halogens is 1. The van der Waals surface area contributed by atoms with Gasteiger partial charge in [0.2, 0.25) is 5.91 Å². The topological polar surface area (TPSA) is 95.9 Å². The van der Waals surface area contributed by atoms with Gasteiger partial charge in [0.15, 0.2) is 0 Å². The van der Waals surface area contributed by atoms with Gasteiger partial charge in [0, 0.05) is 23.9 Å². The van der Waals surface area contributed by atoms with Crippen LogP contribution in [-0.4, -0.2) is 29.8 Å². The van der Waals surface area contributed by atoms with Crippen molar-refractivity contribution in [2.24, 2.45) is 0 Å². The summed E-state index contributed by atoms with van der Waals surface area (Å²) in [6, 6.07) is 18.0. The van der Waals surface area contributed by atoms with Crippen LogP contribution in [0.2, 0.25) is 5.02 Å². The molecule has 1 atom stereocenters. The van der Waals surface area contributed by atoms with Crippen molar-refractivity contribution in [2.45, 2.75) is 39.2 Å². The van der Waals surface area contributed by atoms with E-state index in [1.165, 1.54) is 25.0 Å². The fraction of sp³-hybridized carbons (Fsp3) is 0.233. The summed E-state index contributed by atoms with van der Waals surface area (Å²) in [4.78, 5) is 39.6. The molecule has 3 aromatic rings. The second-order valence-electron chi connectivity index (χ2n) is 10.1. The van der Waals surface area contributed by atoms with Crippen molar-refractivity contribution in [1.82, 2.24) is 0 Å². The van der Waals surface area contributed by atoms with Gasteiger partial charge in [-0.2, -0.15) is 0 Å². The number of amides is 2. The Morgan fingerprint density at radius 3 is 2.16 bits per heavy atom. The van der Waals surface area contributed by atoms with Crippen molar-refractivity contribution < 1.29 is 24.2 Å². The summed E-state index contributed by atoms with van der Waals surface area (Å²) >= 11 is 6.28. The molecule has 8 heteroatoms. The van der Waals surface area contributed by atoms with E-state index in [0.717, 1.165) is 5.56 Å². The molecule has 2 N–H and O–H groups in total. The number of aliphatic hydroxyl groups is 1. The number of aliphatic hydroxyl groups excluding tert-OH is 1. The third kappa shape index (κ3) is 5.15. The highest BCUT2D eigenvalue weighted by Gasteiger charge is 2.47. The first-order valence-electron chi connectivity index (χ1n) is 12.1. The summed E-state index contributed by atoms with van der Waals surface area (Å²) in [6.07, 6.45) is 0. The molecule has 0 bridgehead atoms. The molecule has 1 aliphatic rings. The summed E-state index contributed by atoms with van der Waals surface area (Å²) < 4.78 is 5.20. The predicted octanol–water partition coefficient (Wildman–Crippen LogP) is 6.23. The molecule has 0 aliphatic carbocycles. The third-order valence-corrected chi connectivity index (χ3v) is 6.72. The van der Waals surface area contributed by atoms with E-state index in [0.29, 0.717) is 22.7 Å². The van der Waals surface area contributed by atoms with Gasteiger partial charge in [-0.25, -0.2) is 0 Å². The number of rotatable bonds is 5. The van der Waals surface area contributed by atoms with E-state index < -0.39 is 17.7 Å². The predicted molar refractivity (Wildman–Crippen MR) is 149 cm³/mol. The molecule has 0 spiro atoms. The fourth-order valence-corrected chi connectivity index (χ4v) is 4.72. The van der Waals surface area contributed by atoms with Gasteiger partial charge in [0.25, 0.3) is 11.7 Å². The van der Waals surface area contributed by atoms with Gasteiger partial charge in [-0.3, -0.25) is 19.3 Å². The molecule has 196 valence electrons. The van der Waals surface area contributed by atoms with Crippen molar-refractivity contribution in [3.05, 3.63) is 94.0 Å². The molecule has 1 heterocycles. The lowest BCUT2D eigenvalue weighted by atomic mass is 9.85. The van der Waals surface area contributed by atoms with E-state index in [1.54, 1.807) is 36.4 Å². The molecule has 1 fully saturated rings. The van der Waals surface area contributed by atoms with E-state index >= 15 is 0 Å². The molecule has 2 amide bonds. The van der Waals surface area contributed by atoms with Crippen molar-refractivity contribution in [2.75, 3.05) is 17.3 Å². The second-order valence-corrected chi connectivity index (χ2v) is 10.5. The van der Waals surface area contributed by atoms with Gasteiger partial charge in [-0.1, -0.05) is 56.6 Å². The van der Waals surface area contributed by atoms with Crippen LogP contribution in [0.15, 0.2) is 72.3 Å². The average molecular weight is 533 g/mol. The van der Waals surface area contributed by atoms with E-state index in [1.807, 2.05) is 24.3 Å². The number of Topliss-reactive ketones (excluding diaryl/α,β-unsaturated/α-hetero) is 1. The monoisotopic (exact) mass is 532 g/mol. The Morgan fingerprint density at radius 2 is 1.63 bits per heavy atom. The molecule has 1 unspecified atom stereocenters. The van der Waals surface area contributed by atoms with Gasteiger partial charge < -0.3 is 15.2 Å². The largest absolute Gasteiger partial charge is 0.507 e. The normalized spacial score (nSPS) is 17.0. The maximum absolute atomic E-state index is 13.4. The Hall–Kier alpha value is -4.10. The first-order valence-corrected chi connectivity index (χ1v) is 12.4. The Bertz CT molecular complexity index is 1440. The zero-order valence-corrected chi connectivity index (χ0v) is 22.6. The van der Waals surface area contributed by atoms with E-state index in [-0.39, 0.29) is 33.2 Å². The van der Waals surface area contributed by atoms with Crippen LogP contribution < -0.4 is 15.0 Å². The lowest BCUT2D eigenvalue weighted by Crippen LogP contribution is -2.29. The van der Waals surface area contributed by atoms with E-state index in [4.69, 9.17) is 16.3 Å². The van der Waals surface area contributed by atoms with Gasteiger partial charge >= 0.3 is 0 Å². The number of hydrogen-bond acceptors (Lipinski definition) is 5. The zero-order valence-electron chi connectivity index (χ0n) is 21.8. The summed E-state index contributed by atoms with van der Waals surface area (Å²) in [6.45, 7) is 7.69. The summed E-state index contributed by atoms with van der Waals surface area (Å²) in [5, 5.41) is 14.3. The van der Waals surface area contributed by atoms with Crippen LogP contribution in [0, 0.1) is 0 Å². The lowest BCUT2D eigenvalue weighted by molar-refractivity contribution is -0.132. The minimum absolute atomic E-state index is 0.0503. The van der Waals surface area contributed by atoms with Crippen LogP contribution in [0.3, 0.4) is 0 Å².